The first-order valence-corrected chi connectivity index (χ1v) is 23.4. The summed E-state index contributed by atoms with van der Waals surface area (Å²) < 4.78 is 5.97. The minimum Gasteiger partial charge on any atom is -0.488 e. The first-order valence-electron chi connectivity index (χ1n) is 23.4. The number of hydrogen-bond acceptors (Lipinski definition) is 7. The van der Waals surface area contributed by atoms with E-state index in [-0.39, 0.29) is 49.5 Å². The number of amides is 2. The summed E-state index contributed by atoms with van der Waals surface area (Å²) in [5, 5.41) is 15.3. The van der Waals surface area contributed by atoms with Crippen LogP contribution in [0.4, 0.5) is 0 Å². The Hall–Kier alpha value is -5.12. The molecule has 0 heterocycles. The predicted molar refractivity (Wildman–Crippen MR) is 251 cm³/mol. The molecule has 0 bridgehead atoms. The van der Waals surface area contributed by atoms with E-state index in [1.54, 1.807) is 6.92 Å². The summed E-state index contributed by atoms with van der Waals surface area (Å²) in [7, 11) is 0. The maximum absolute atomic E-state index is 14.1. The van der Waals surface area contributed by atoms with E-state index >= 15 is 0 Å². The molecule has 0 aliphatic heterocycles. The lowest BCUT2D eigenvalue weighted by Crippen LogP contribution is -2.47. The molecule has 0 saturated heterocycles. The van der Waals surface area contributed by atoms with Crippen molar-refractivity contribution in [3.05, 3.63) is 89.5 Å². The van der Waals surface area contributed by atoms with E-state index in [4.69, 9.17) is 4.74 Å². The highest BCUT2D eigenvalue weighted by Gasteiger charge is 2.30. The lowest BCUT2D eigenvalue weighted by molar-refractivity contribution is -0.142. The molecular weight excluding hydrogens is 793 g/mol. The summed E-state index contributed by atoms with van der Waals surface area (Å²) in [5.41, 5.74) is 4.39. The Morgan fingerprint density at radius 2 is 1.17 bits per heavy atom. The van der Waals surface area contributed by atoms with Gasteiger partial charge in [-0.1, -0.05) is 133 Å². The molecule has 0 fully saturated rings. The van der Waals surface area contributed by atoms with Crippen LogP contribution in [0.1, 0.15) is 166 Å². The highest BCUT2D eigenvalue weighted by Crippen LogP contribution is 2.24. The molecule has 0 aliphatic carbocycles. The Kier molecular flexibility index (Phi) is 22.5. The van der Waals surface area contributed by atoms with Crippen LogP contribution in [-0.2, 0) is 36.8 Å². The maximum Gasteiger partial charge on any atom is 0.326 e. The third-order valence-corrected chi connectivity index (χ3v) is 11.3. The van der Waals surface area contributed by atoms with E-state index in [0.717, 1.165) is 68.1 Å². The van der Waals surface area contributed by atoms with Gasteiger partial charge in [0.25, 0.3) is 0 Å². The zero-order valence-corrected chi connectivity index (χ0v) is 39.1. The van der Waals surface area contributed by atoms with Gasteiger partial charge in [0.15, 0.2) is 11.6 Å². The number of ketones is 3. The topological polar surface area (TPSA) is 156 Å². The number of aliphatic carboxylic acids is 1. The molecule has 2 amide bonds. The molecule has 10 nitrogen and oxygen atoms in total. The van der Waals surface area contributed by atoms with Crippen molar-refractivity contribution in [2.24, 2.45) is 11.8 Å². The largest absolute Gasteiger partial charge is 0.488 e. The van der Waals surface area contributed by atoms with Gasteiger partial charge in [-0.2, -0.15) is 0 Å². The standard InChI is InChI=1S/C53H74N2O8/c1-8-11-14-18-43(36-44(56)19-16-21-48(57)42-30-28-41(29-31-42)40-26-22-38(23-27-40)17-13-10-3)51(60)55-47(35-39-24-32-45(33-25-39)63-53(5,6)7)49(58)34-37(4)50(59)54-46(52(61)62)20-15-12-9-2/h22-33,37,43,46-47H,8-21,34-36H2,1-7H3,(H,54,59)(H,55,60)(H,61,62)/t37-,43-,46+,47+/m1/s1. The fourth-order valence-electron chi connectivity index (χ4n) is 7.55. The highest BCUT2D eigenvalue weighted by molar-refractivity contribution is 5.97. The van der Waals surface area contributed by atoms with Crippen molar-refractivity contribution in [1.82, 2.24) is 10.6 Å². The van der Waals surface area contributed by atoms with Crippen molar-refractivity contribution in [3.63, 3.8) is 0 Å². The molecule has 0 aromatic heterocycles. The van der Waals surface area contributed by atoms with Crippen LogP contribution in [0.3, 0.4) is 0 Å². The van der Waals surface area contributed by atoms with Gasteiger partial charge >= 0.3 is 5.97 Å². The SMILES string of the molecule is CCCCC[C@H](CC(=O)CCCC(=O)c1ccc(-c2ccc(CCCC)cc2)cc1)C(=O)N[C@@H](Cc1ccc(OC(C)(C)C)cc1)C(=O)C[C@@H](C)C(=O)N[C@@H](CCCCC)C(=O)O. The second-order valence-corrected chi connectivity index (χ2v) is 18.2. The number of carboxylic acid groups (broad SMARTS) is 1. The van der Waals surface area contributed by atoms with E-state index in [1.165, 1.54) is 5.56 Å². The predicted octanol–water partition coefficient (Wildman–Crippen LogP) is 10.9. The van der Waals surface area contributed by atoms with E-state index in [1.807, 2.05) is 76.2 Å². The summed E-state index contributed by atoms with van der Waals surface area (Å²) in [6.45, 7) is 13.7. The molecule has 0 aliphatic rings. The summed E-state index contributed by atoms with van der Waals surface area (Å²) in [5.74, 6) is -3.46. The summed E-state index contributed by atoms with van der Waals surface area (Å²) in [6.07, 6.45) is 9.70. The van der Waals surface area contributed by atoms with Crippen molar-refractivity contribution >= 4 is 35.1 Å². The zero-order chi connectivity index (χ0) is 46.4. The van der Waals surface area contributed by atoms with Crippen LogP contribution < -0.4 is 15.4 Å². The zero-order valence-electron chi connectivity index (χ0n) is 39.1. The third kappa shape index (κ3) is 19.4. The Morgan fingerprint density at radius 3 is 1.75 bits per heavy atom. The average Bonchev–Trinajstić information content (AvgIpc) is 3.25. The lowest BCUT2D eigenvalue weighted by Gasteiger charge is -2.24. The number of carbonyl (C=O) groups is 6. The minimum atomic E-state index is -1.12. The quantitative estimate of drug-likeness (QED) is 0.0442. The third-order valence-electron chi connectivity index (χ3n) is 11.3. The van der Waals surface area contributed by atoms with Gasteiger partial charge in [-0.3, -0.25) is 24.0 Å². The number of carbonyl (C=O) groups excluding carboxylic acids is 5. The van der Waals surface area contributed by atoms with Crippen molar-refractivity contribution in [2.75, 3.05) is 0 Å². The monoisotopic (exact) mass is 867 g/mol. The number of Topliss-reactive ketones (excluding diaryl/α,β-unsaturated/α-hetero) is 3. The lowest BCUT2D eigenvalue weighted by atomic mass is 9.90. The minimum absolute atomic E-state index is 0.0111. The second-order valence-electron chi connectivity index (χ2n) is 18.2. The van der Waals surface area contributed by atoms with Gasteiger partial charge in [0.1, 0.15) is 23.2 Å². The van der Waals surface area contributed by atoms with E-state index in [9.17, 15) is 33.9 Å². The van der Waals surface area contributed by atoms with Crippen LogP contribution in [0.25, 0.3) is 11.1 Å². The molecule has 63 heavy (non-hydrogen) atoms. The molecule has 3 aromatic carbocycles. The molecule has 344 valence electrons. The molecule has 0 radical (unpaired) electrons. The van der Waals surface area contributed by atoms with E-state index in [2.05, 4.69) is 48.7 Å². The summed E-state index contributed by atoms with van der Waals surface area (Å²) in [4.78, 5) is 79.7. The Balaban J connectivity index is 1.69. The van der Waals surface area contributed by atoms with E-state index in [0.29, 0.717) is 37.0 Å². The smallest absolute Gasteiger partial charge is 0.326 e. The first kappa shape index (κ1) is 52.2. The fourth-order valence-corrected chi connectivity index (χ4v) is 7.55. The molecular formula is C53H74N2O8. The van der Waals surface area contributed by atoms with Gasteiger partial charge in [0.2, 0.25) is 11.8 Å². The molecule has 3 N–H and O–H groups in total. The van der Waals surface area contributed by atoms with Crippen LogP contribution in [0, 0.1) is 11.8 Å². The van der Waals surface area contributed by atoms with Crippen LogP contribution in [-0.4, -0.2) is 57.9 Å². The van der Waals surface area contributed by atoms with Gasteiger partial charge in [0.05, 0.1) is 6.04 Å². The Morgan fingerprint density at radius 1 is 0.619 bits per heavy atom. The second kappa shape index (κ2) is 27.2. The van der Waals surface area contributed by atoms with Crippen molar-refractivity contribution in [3.8, 4) is 16.9 Å². The summed E-state index contributed by atoms with van der Waals surface area (Å²) >= 11 is 0. The van der Waals surface area contributed by atoms with Crippen LogP contribution >= 0.6 is 0 Å². The van der Waals surface area contributed by atoms with Gasteiger partial charge in [0, 0.05) is 43.1 Å². The Labute approximate surface area is 376 Å². The normalized spacial score (nSPS) is 13.3. The number of hydrogen-bond donors (Lipinski definition) is 3. The van der Waals surface area contributed by atoms with Crippen LogP contribution in [0.2, 0.25) is 0 Å². The van der Waals surface area contributed by atoms with Crippen LogP contribution in [0.5, 0.6) is 5.75 Å². The number of unbranched alkanes of at least 4 members (excludes halogenated alkanes) is 5. The first-order chi connectivity index (χ1) is 30.0. The molecule has 0 saturated carbocycles. The summed E-state index contributed by atoms with van der Waals surface area (Å²) in [6, 6.07) is 21.3. The van der Waals surface area contributed by atoms with Gasteiger partial charge in [-0.15, -0.1) is 0 Å². The number of rotatable bonds is 30. The molecule has 0 unspecified atom stereocenters. The fraction of sp³-hybridized carbons (Fsp3) is 0.547. The average molecular weight is 867 g/mol. The van der Waals surface area contributed by atoms with Crippen molar-refractivity contribution in [1.29, 1.82) is 0 Å². The maximum atomic E-state index is 14.1. The highest BCUT2D eigenvalue weighted by atomic mass is 16.5. The van der Waals surface area contributed by atoms with Crippen molar-refractivity contribution in [2.45, 2.75) is 175 Å². The molecule has 0 spiro atoms. The molecule has 4 atom stereocenters. The molecule has 10 heteroatoms. The number of ether oxygens (including phenoxy) is 1. The van der Waals surface area contributed by atoms with Gasteiger partial charge in [-0.25, -0.2) is 4.79 Å². The number of carboxylic acids is 1. The van der Waals surface area contributed by atoms with Crippen molar-refractivity contribution < 1.29 is 38.6 Å². The Bertz CT molecular complexity index is 1900. The number of benzene rings is 3. The van der Waals surface area contributed by atoms with E-state index < -0.39 is 47.3 Å². The molecule has 3 rings (SSSR count). The number of nitrogens with one attached hydrogen (secondary N) is 2. The molecule has 3 aromatic rings. The van der Waals surface area contributed by atoms with Gasteiger partial charge in [-0.05, 0) is 93.7 Å². The van der Waals surface area contributed by atoms with Gasteiger partial charge < -0.3 is 20.5 Å². The van der Waals surface area contributed by atoms with Crippen LogP contribution in [0.15, 0.2) is 72.8 Å². The number of aryl methyl sites for hydroxylation is 1.